The van der Waals surface area contributed by atoms with Crippen molar-refractivity contribution in [2.24, 2.45) is 0 Å². The van der Waals surface area contributed by atoms with Gasteiger partial charge in [-0.25, -0.2) is 14.1 Å². The third kappa shape index (κ3) is 4.07. The van der Waals surface area contributed by atoms with Crippen LogP contribution in [0.15, 0.2) is 47.1 Å². The van der Waals surface area contributed by atoms with E-state index in [1.165, 1.54) is 25.0 Å². The molecule has 4 rings (SSSR count). The molecule has 1 fully saturated rings. The van der Waals surface area contributed by atoms with Crippen molar-refractivity contribution in [1.29, 1.82) is 0 Å². The molecule has 0 saturated heterocycles. The number of benzene rings is 1. The highest BCUT2D eigenvalue weighted by molar-refractivity contribution is 5.89. The van der Waals surface area contributed by atoms with Crippen LogP contribution < -0.4 is 5.32 Å². The van der Waals surface area contributed by atoms with Crippen LogP contribution in [0.4, 0.5) is 10.2 Å². The zero-order chi connectivity index (χ0) is 18.6. The van der Waals surface area contributed by atoms with E-state index in [1.54, 1.807) is 24.5 Å². The molecule has 2 heterocycles. The zero-order valence-electron chi connectivity index (χ0n) is 14.9. The predicted molar refractivity (Wildman–Crippen MR) is 98.6 cm³/mol. The number of anilines is 1. The fraction of sp³-hybridized carbons (Fsp3) is 0.350. The summed E-state index contributed by atoms with van der Waals surface area (Å²) in [5.74, 6) is 1.38. The normalized spacial score (nSPS) is 14.6. The standard InChI is InChI=1S/C20H21FN4O2/c21-15-7-5-14(6-8-15)17-13-22-20(27-17)10-9-19(26)24-18-11-12-23-25(18)16-3-1-2-4-16/h5-8,11-13,16H,1-4,9-10H2,(H,24,26). The molecule has 1 amide bonds. The molecule has 0 radical (unpaired) electrons. The number of nitrogens with zero attached hydrogens (tertiary/aromatic N) is 3. The van der Waals surface area contributed by atoms with Gasteiger partial charge in [-0.15, -0.1) is 0 Å². The topological polar surface area (TPSA) is 73.0 Å². The van der Waals surface area contributed by atoms with E-state index in [9.17, 15) is 9.18 Å². The van der Waals surface area contributed by atoms with Crippen LogP contribution in [0, 0.1) is 5.82 Å². The summed E-state index contributed by atoms with van der Waals surface area (Å²) in [6.45, 7) is 0. The number of hydrogen-bond donors (Lipinski definition) is 1. The van der Waals surface area contributed by atoms with Crippen molar-refractivity contribution in [3.63, 3.8) is 0 Å². The van der Waals surface area contributed by atoms with Gasteiger partial charge in [-0.1, -0.05) is 12.8 Å². The van der Waals surface area contributed by atoms with Crippen molar-refractivity contribution in [1.82, 2.24) is 14.8 Å². The van der Waals surface area contributed by atoms with Crippen molar-refractivity contribution >= 4 is 11.7 Å². The Labute approximate surface area is 156 Å². The van der Waals surface area contributed by atoms with Gasteiger partial charge >= 0.3 is 0 Å². The molecule has 3 aromatic rings. The summed E-state index contributed by atoms with van der Waals surface area (Å²) in [7, 11) is 0. The minimum Gasteiger partial charge on any atom is -0.441 e. The first-order valence-electron chi connectivity index (χ1n) is 9.23. The lowest BCUT2D eigenvalue weighted by atomic mass is 10.2. The van der Waals surface area contributed by atoms with Gasteiger partial charge in [0.2, 0.25) is 5.91 Å². The van der Waals surface area contributed by atoms with Crippen molar-refractivity contribution < 1.29 is 13.6 Å². The zero-order valence-corrected chi connectivity index (χ0v) is 14.9. The molecular weight excluding hydrogens is 347 g/mol. The van der Waals surface area contributed by atoms with Gasteiger partial charge in [-0.2, -0.15) is 5.10 Å². The molecule has 7 heteroatoms. The van der Waals surface area contributed by atoms with Crippen molar-refractivity contribution in [2.75, 3.05) is 5.32 Å². The maximum Gasteiger partial charge on any atom is 0.226 e. The smallest absolute Gasteiger partial charge is 0.226 e. The van der Waals surface area contributed by atoms with E-state index < -0.39 is 0 Å². The van der Waals surface area contributed by atoms with Gasteiger partial charge in [0.05, 0.1) is 18.4 Å². The number of amides is 1. The fourth-order valence-corrected chi connectivity index (χ4v) is 3.45. The lowest BCUT2D eigenvalue weighted by Crippen LogP contribution is -2.18. The second-order valence-corrected chi connectivity index (χ2v) is 6.77. The van der Waals surface area contributed by atoms with Crippen LogP contribution in [0.3, 0.4) is 0 Å². The van der Waals surface area contributed by atoms with E-state index in [0.29, 0.717) is 24.1 Å². The van der Waals surface area contributed by atoms with E-state index >= 15 is 0 Å². The average Bonchev–Trinajstić information content (AvgIpc) is 3.42. The largest absolute Gasteiger partial charge is 0.441 e. The summed E-state index contributed by atoms with van der Waals surface area (Å²) < 4.78 is 20.6. The SMILES string of the molecule is O=C(CCc1ncc(-c2ccc(F)cc2)o1)Nc1ccnn1C1CCCC1. The molecule has 0 spiro atoms. The lowest BCUT2D eigenvalue weighted by Gasteiger charge is -2.14. The Kier molecular flexibility index (Phi) is 5.00. The van der Waals surface area contributed by atoms with Crippen molar-refractivity contribution in [3.8, 4) is 11.3 Å². The predicted octanol–water partition coefficient (Wildman–Crippen LogP) is 4.36. The Balaban J connectivity index is 1.33. The molecule has 0 atom stereocenters. The monoisotopic (exact) mass is 368 g/mol. The highest BCUT2D eigenvalue weighted by Gasteiger charge is 2.20. The molecule has 6 nitrogen and oxygen atoms in total. The number of hydrogen-bond acceptors (Lipinski definition) is 4. The Morgan fingerprint density at radius 3 is 2.78 bits per heavy atom. The molecule has 140 valence electrons. The van der Waals surface area contributed by atoms with Crippen LogP contribution in [0.25, 0.3) is 11.3 Å². The third-order valence-corrected chi connectivity index (χ3v) is 4.86. The minimum atomic E-state index is -0.299. The first kappa shape index (κ1) is 17.5. The molecule has 0 unspecified atom stereocenters. The second kappa shape index (κ2) is 7.73. The van der Waals surface area contributed by atoms with Crippen LogP contribution in [-0.4, -0.2) is 20.7 Å². The summed E-state index contributed by atoms with van der Waals surface area (Å²) in [5.41, 5.74) is 0.750. The Morgan fingerprint density at radius 2 is 2.00 bits per heavy atom. The molecule has 1 aliphatic carbocycles. The Hall–Kier alpha value is -2.96. The number of rotatable bonds is 6. The second-order valence-electron chi connectivity index (χ2n) is 6.77. The molecule has 1 saturated carbocycles. The van der Waals surface area contributed by atoms with Crippen LogP contribution in [0.2, 0.25) is 0 Å². The van der Waals surface area contributed by atoms with E-state index in [4.69, 9.17) is 4.42 Å². The van der Waals surface area contributed by atoms with Crippen LogP contribution in [0.5, 0.6) is 0 Å². The van der Waals surface area contributed by atoms with Gasteiger partial charge in [0.1, 0.15) is 11.6 Å². The number of oxazole rings is 1. The Bertz CT molecular complexity index is 910. The summed E-state index contributed by atoms with van der Waals surface area (Å²) in [6.07, 6.45) is 8.59. The molecule has 1 aliphatic rings. The molecular formula is C20H21FN4O2. The van der Waals surface area contributed by atoms with Gasteiger partial charge < -0.3 is 9.73 Å². The quantitative estimate of drug-likeness (QED) is 0.701. The molecule has 1 aromatic carbocycles. The fourth-order valence-electron chi connectivity index (χ4n) is 3.45. The molecule has 2 aromatic heterocycles. The minimum absolute atomic E-state index is 0.101. The maximum atomic E-state index is 13.0. The summed E-state index contributed by atoms with van der Waals surface area (Å²) in [4.78, 5) is 16.5. The van der Waals surface area contributed by atoms with Crippen LogP contribution in [-0.2, 0) is 11.2 Å². The summed E-state index contributed by atoms with van der Waals surface area (Å²) >= 11 is 0. The highest BCUT2D eigenvalue weighted by Crippen LogP contribution is 2.31. The van der Waals surface area contributed by atoms with E-state index in [-0.39, 0.29) is 18.1 Å². The molecule has 0 bridgehead atoms. The van der Waals surface area contributed by atoms with Crippen LogP contribution in [0.1, 0.15) is 44.0 Å². The molecule has 1 N–H and O–H groups in total. The number of carbonyl (C=O) groups excluding carboxylic acids is 1. The van der Waals surface area contributed by atoms with E-state index in [2.05, 4.69) is 15.4 Å². The lowest BCUT2D eigenvalue weighted by molar-refractivity contribution is -0.116. The molecule has 0 aliphatic heterocycles. The molecule has 27 heavy (non-hydrogen) atoms. The van der Waals surface area contributed by atoms with Gasteiger partial charge in [0.15, 0.2) is 11.7 Å². The first-order chi connectivity index (χ1) is 13.2. The first-order valence-corrected chi connectivity index (χ1v) is 9.23. The van der Waals surface area contributed by atoms with Crippen molar-refractivity contribution in [3.05, 3.63) is 54.4 Å². The van der Waals surface area contributed by atoms with Crippen molar-refractivity contribution in [2.45, 2.75) is 44.6 Å². The number of nitrogens with one attached hydrogen (secondary N) is 1. The van der Waals surface area contributed by atoms with Gasteiger partial charge in [0.25, 0.3) is 0 Å². The van der Waals surface area contributed by atoms with E-state index in [1.807, 2.05) is 10.7 Å². The Morgan fingerprint density at radius 1 is 1.22 bits per heavy atom. The summed E-state index contributed by atoms with van der Waals surface area (Å²) in [6, 6.07) is 8.22. The van der Waals surface area contributed by atoms with E-state index in [0.717, 1.165) is 24.2 Å². The number of halogens is 1. The van der Waals surface area contributed by atoms with Crippen LogP contribution >= 0.6 is 0 Å². The van der Waals surface area contributed by atoms with Gasteiger partial charge in [-0.05, 0) is 37.1 Å². The van der Waals surface area contributed by atoms with Gasteiger partial charge in [0, 0.05) is 24.5 Å². The van der Waals surface area contributed by atoms with Gasteiger partial charge in [-0.3, -0.25) is 4.79 Å². The average molecular weight is 368 g/mol. The summed E-state index contributed by atoms with van der Waals surface area (Å²) in [5, 5.41) is 7.29. The maximum absolute atomic E-state index is 13.0. The third-order valence-electron chi connectivity index (χ3n) is 4.86. The number of aromatic nitrogens is 3. The number of carbonyl (C=O) groups is 1. The number of aryl methyl sites for hydroxylation is 1. The highest BCUT2D eigenvalue weighted by atomic mass is 19.1.